The largest absolute Gasteiger partial charge is 0.493 e. The van der Waals surface area contributed by atoms with Crippen molar-refractivity contribution in [2.24, 2.45) is 10.2 Å². The van der Waals surface area contributed by atoms with Crippen LogP contribution in [0, 0.1) is 0 Å². The van der Waals surface area contributed by atoms with Crippen LogP contribution in [0.1, 0.15) is 29.6 Å². The Morgan fingerprint density at radius 1 is 1.15 bits per heavy atom. The van der Waals surface area contributed by atoms with Gasteiger partial charge < -0.3 is 10.0 Å². The fourth-order valence-corrected chi connectivity index (χ4v) is 3.61. The molecule has 1 amide bonds. The van der Waals surface area contributed by atoms with Crippen LogP contribution < -0.4 is 4.90 Å². The molecule has 1 saturated heterocycles. The minimum absolute atomic E-state index is 0.0528. The number of nitrogens with one attached hydrogen (secondary N) is 1. The van der Waals surface area contributed by atoms with Crippen molar-refractivity contribution in [1.82, 2.24) is 9.55 Å². The number of fused-ring (bicyclic) bond motifs is 1. The van der Waals surface area contributed by atoms with Crippen LogP contribution in [-0.2, 0) is 6.67 Å². The molecule has 0 unspecified atom stereocenters. The Kier molecular flexibility index (Phi) is 4.93. The fourth-order valence-electron chi connectivity index (χ4n) is 3.61. The number of quaternary nitrogens is 1. The Labute approximate surface area is 157 Å². The van der Waals surface area contributed by atoms with Crippen molar-refractivity contribution < 1.29 is 14.8 Å². The molecule has 0 atom stereocenters. The SMILES string of the molecule is O=C(N=Nc1c(O)n(C[NH+]2CCCCC2)c2ccccc12)c1cccnc1. The van der Waals surface area contributed by atoms with Gasteiger partial charge in [-0.05, 0) is 37.5 Å². The lowest BCUT2D eigenvalue weighted by molar-refractivity contribution is -0.927. The van der Waals surface area contributed by atoms with Gasteiger partial charge in [-0.25, -0.2) is 0 Å². The molecule has 0 saturated carbocycles. The van der Waals surface area contributed by atoms with Crippen molar-refractivity contribution in [1.29, 1.82) is 0 Å². The van der Waals surface area contributed by atoms with Crippen LogP contribution in [0.5, 0.6) is 5.88 Å². The number of carbonyl (C=O) groups is 1. The lowest BCUT2D eigenvalue weighted by Crippen LogP contribution is -3.12. The van der Waals surface area contributed by atoms with Gasteiger partial charge in [-0.2, -0.15) is 0 Å². The molecule has 2 aromatic heterocycles. The number of likely N-dealkylation sites (tertiary alicyclic amines) is 1. The van der Waals surface area contributed by atoms with Gasteiger partial charge in [-0.1, -0.05) is 18.2 Å². The first-order valence-corrected chi connectivity index (χ1v) is 9.24. The number of piperidine rings is 1. The van der Waals surface area contributed by atoms with Gasteiger partial charge in [0.25, 0.3) is 5.91 Å². The molecule has 1 aliphatic heterocycles. The average Bonchev–Trinajstić information content (AvgIpc) is 2.99. The zero-order chi connectivity index (χ0) is 18.6. The monoisotopic (exact) mass is 364 g/mol. The predicted molar refractivity (Wildman–Crippen MR) is 101 cm³/mol. The Morgan fingerprint density at radius 3 is 2.74 bits per heavy atom. The molecule has 0 aliphatic carbocycles. The molecule has 7 nitrogen and oxygen atoms in total. The summed E-state index contributed by atoms with van der Waals surface area (Å²) in [6.45, 7) is 2.88. The smallest absolute Gasteiger partial charge is 0.296 e. The second-order valence-electron chi connectivity index (χ2n) is 6.83. The van der Waals surface area contributed by atoms with Crippen molar-refractivity contribution in [3.05, 3.63) is 54.4 Å². The van der Waals surface area contributed by atoms with E-state index in [1.807, 2.05) is 28.8 Å². The normalized spacial score (nSPS) is 15.6. The van der Waals surface area contributed by atoms with Gasteiger partial charge in [-0.3, -0.25) is 14.3 Å². The molecule has 0 radical (unpaired) electrons. The lowest BCUT2D eigenvalue weighted by atomic mass is 10.1. The second-order valence-corrected chi connectivity index (χ2v) is 6.83. The molecule has 0 bridgehead atoms. The second kappa shape index (κ2) is 7.67. The maximum Gasteiger partial charge on any atom is 0.296 e. The van der Waals surface area contributed by atoms with Crippen LogP contribution in [0.4, 0.5) is 5.69 Å². The maximum absolute atomic E-state index is 12.2. The number of rotatable bonds is 4. The molecule has 1 fully saturated rings. The molecule has 2 N–H and O–H groups in total. The number of benzene rings is 1. The Balaban J connectivity index is 1.67. The van der Waals surface area contributed by atoms with Crippen LogP contribution in [0.25, 0.3) is 10.9 Å². The number of carbonyl (C=O) groups excluding carboxylic acids is 1. The van der Waals surface area contributed by atoms with Crippen LogP contribution >= 0.6 is 0 Å². The van der Waals surface area contributed by atoms with E-state index in [0.717, 1.165) is 24.0 Å². The lowest BCUT2D eigenvalue weighted by Gasteiger charge is -2.24. The van der Waals surface area contributed by atoms with Gasteiger partial charge in [0.05, 0.1) is 24.2 Å². The van der Waals surface area contributed by atoms with E-state index >= 15 is 0 Å². The topological polar surface area (TPSA) is 84.3 Å². The van der Waals surface area contributed by atoms with E-state index in [4.69, 9.17) is 0 Å². The summed E-state index contributed by atoms with van der Waals surface area (Å²) in [5.41, 5.74) is 1.59. The Bertz CT molecular complexity index is 975. The summed E-state index contributed by atoms with van der Waals surface area (Å²) >= 11 is 0. The number of hydrogen-bond acceptors (Lipinski definition) is 4. The molecule has 138 valence electrons. The highest BCUT2D eigenvalue weighted by Gasteiger charge is 2.21. The van der Waals surface area contributed by atoms with E-state index in [1.165, 1.54) is 30.4 Å². The van der Waals surface area contributed by atoms with E-state index in [2.05, 4.69) is 15.2 Å². The fraction of sp³-hybridized carbons (Fsp3) is 0.300. The molecular formula is C20H22N5O2+. The molecule has 0 spiro atoms. The number of aromatic nitrogens is 2. The molecule has 7 heteroatoms. The Morgan fingerprint density at radius 2 is 1.96 bits per heavy atom. The number of hydrogen-bond donors (Lipinski definition) is 2. The Hall–Kier alpha value is -3.06. The highest BCUT2D eigenvalue weighted by atomic mass is 16.3. The summed E-state index contributed by atoms with van der Waals surface area (Å²) in [6.07, 6.45) is 6.74. The summed E-state index contributed by atoms with van der Waals surface area (Å²) < 4.78 is 1.87. The molecule has 3 heterocycles. The average molecular weight is 364 g/mol. The van der Waals surface area contributed by atoms with E-state index in [-0.39, 0.29) is 5.88 Å². The molecular weight excluding hydrogens is 342 g/mol. The summed E-state index contributed by atoms with van der Waals surface area (Å²) in [7, 11) is 0. The van der Waals surface area contributed by atoms with E-state index < -0.39 is 5.91 Å². The van der Waals surface area contributed by atoms with Gasteiger partial charge >= 0.3 is 0 Å². The number of aromatic hydroxyl groups is 1. The molecule has 1 aromatic carbocycles. The van der Waals surface area contributed by atoms with Crippen LogP contribution in [-0.4, -0.2) is 33.7 Å². The number of pyridine rings is 1. The molecule has 27 heavy (non-hydrogen) atoms. The summed E-state index contributed by atoms with van der Waals surface area (Å²) in [6, 6.07) is 11.0. The summed E-state index contributed by atoms with van der Waals surface area (Å²) in [5, 5.41) is 19.5. The first-order chi connectivity index (χ1) is 13.2. The summed E-state index contributed by atoms with van der Waals surface area (Å²) in [5.74, 6) is -0.432. The van der Waals surface area contributed by atoms with E-state index in [9.17, 15) is 9.90 Å². The number of amides is 1. The number of para-hydroxylation sites is 1. The van der Waals surface area contributed by atoms with Gasteiger partial charge in [0.2, 0.25) is 5.88 Å². The van der Waals surface area contributed by atoms with E-state index in [0.29, 0.717) is 17.9 Å². The zero-order valence-corrected chi connectivity index (χ0v) is 15.0. The number of azo groups is 1. The quantitative estimate of drug-likeness (QED) is 0.698. The van der Waals surface area contributed by atoms with Crippen molar-refractivity contribution in [3.8, 4) is 5.88 Å². The molecule has 4 rings (SSSR count). The van der Waals surface area contributed by atoms with Gasteiger partial charge in [0.15, 0.2) is 12.4 Å². The third kappa shape index (κ3) is 3.59. The van der Waals surface area contributed by atoms with Crippen molar-refractivity contribution in [3.63, 3.8) is 0 Å². The third-order valence-corrected chi connectivity index (χ3v) is 5.01. The van der Waals surface area contributed by atoms with Gasteiger partial charge in [-0.15, -0.1) is 10.2 Å². The highest BCUT2D eigenvalue weighted by Crippen LogP contribution is 2.38. The van der Waals surface area contributed by atoms with Crippen LogP contribution in [0.3, 0.4) is 0 Å². The first kappa shape index (κ1) is 17.4. The van der Waals surface area contributed by atoms with Crippen LogP contribution in [0.15, 0.2) is 59.0 Å². The summed E-state index contributed by atoms with van der Waals surface area (Å²) in [4.78, 5) is 17.6. The molecule has 3 aromatic rings. The van der Waals surface area contributed by atoms with Crippen molar-refractivity contribution in [2.45, 2.75) is 25.9 Å². The minimum atomic E-state index is -0.485. The third-order valence-electron chi connectivity index (χ3n) is 5.01. The highest BCUT2D eigenvalue weighted by molar-refractivity contribution is 5.97. The predicted octanol–water partition coefficient (Wildman–Crippen LogP) is 2.69. The zero-order valence-electron chi connectivity index (χ0n) is 15.0. The van der Waals surface area contributed by atoms with Crippen LogP contribution in [0.2, 0.25) is 0 Å². The van der Waals surface area contributed by atoms with E-state index in [1.54, 1.807) is 18.3 Å². The minimum Gasteiger partial charge on any atom is -0.493 e. The maximum atomic E-state index is 12.2. The van der Waals surface area contributed by atoms with Crippen molar-refractivity contribution in [2.75, 3.05) is 13.1 Å². The van der Waals surface area contributed by atoms with Gasteiger partial charge in [0, 0.05) is 17.8 Å². The first-order valence-electron chi connectivity index (χ1n) is 9.24. The number of nitrogens with zero attached hydrogens (tertiary/aromatic N) is 4. The molecule has 1 aliphatic rings. The van der Waals surface area contributed by atoms with Gasteiger partial charge in [0.1, 0.15) is 0 Å². The van der Waals surface area contributed by atoms with Crippen molar-refractivity contribution >= 4 is 22.5 Å². The standard InChI is InChI=1S/C20H21N5O2/c26-19(15-7-6-10-21-13-15)23-22-18-16-8-2-3-9-17(16)25(20(18)27)14-24-11-4-1-5-12-24/h2-3,6-10,13,27H,1,4-5,11-12,14H2/p+1.